The molecule has 1 saturated heterocycles. The molecule has 0 radical (unpaired) electrons. The molecule has 1 fully saturated rings. The van der Waals surface area contributed by atoms with Crippen LogP contribution in [0.4, 0.5) is 4.79 Å². The van der Waals surface area contributed by atoms with E-state index in [-0.39, 0.29) is 6.61 Å². The number of carboxylic acid groups (broad SMARTS) is 1. The van der Waals surface area contributed by atoms with Gasteiger partial charge < -0.3 is 9.84 Å². The highest BCUT2D eigenvalue weighted by Crippen LogP contribution is 2.18. The zero-order valence-corrected chi connectivity index (χ0v) is 6.77. The zero-order chi connectivity index (χ0) is 9.84. The van der Waals surface area contributed by atoms with E-state index in [0.29, 0.717) is 13.0 Å². The second-order valence-electron chi connectivity index (χ2n) is 2.55. The monoisotopic (exact) mass is 184 g/mol. The van der Waals surface area contributed by atoms with Gasteiger partial charge >= 0.3 is 12.1 Å². The van der Waals surface area contributed by atoms with E-state index in [0.717, 1.165) is 4.90 Å². The van der Waals surface area contributed by atoms with Crippen molar-refractivity contribution in [3.63, 3.8) is 0 Å². The average Bonchev–Trinajstić information content (AvgIpc) is 1.97. The van der Waals surface area contributed by atoms with Gasteiger partial charge in [-0.05, 0) is 6.42 Å². The highest BCUT2D eigenvalue weighted by molar-refractivity contribution is 5.82. The number of carbonyl (C=O) groups is 2. The highest BCUT2D eigenvalue weighted by atomic mass is 16.5. The van der Waals surface area contributed by atoms with Crippen molar-refractivity contribution in [2.75, 3.05) is 13.2 Å². The zero-order valence-electron chi connectivity index (χ0n) is 6.77. The Hall–Kier alpha value is -1.77. The number of esters is 1. The first kappa shape index (κ1) is 9.32. The molecule has 1 N–H and O–H groups in total. The summed E-state index contributed by atoms with van der Waals surface area (Å²) in [6, 6.07) is 0.920. The van der Waals surface area contributed by atoms with Gasteiger partial charge in [-0.1, -0.05) is 0 Å². The van der Waals surface area contributed by atoms with Crippen LogP contribution in [-0.4, -0.2) is 41.3 Å². The first-order chi connectivity index (χ1) is 6.16. The van der Waals surface area contributed by atoms with Gasteiger partial charge in [0.2, 0.25) is 0 Å². The van der Waals surface area contributed by atoms with Crippen molar-refractivity contribution in [3.8, 4) is 6.07 Å². The van der Waals surface area contributed by atoms with Gasteiger partial charge in [-0.25, -0.2) is 9.59 Å². The third-order valence-corrected chi connectivity index (χ3v) is 1.82. The largest absolute Gasteiger partial charge is 0.465 e. The summed E-state index contributed by atoms with van der Waals surface area (Å²) in [4.78, 5) is 22.4. The fraction of sp³-hybridized carbons (Fsp3) is 0.571. The quantitative estimate of drug-likeness (QED) is 0.600. The van der Waals surface area contributed by atoms with Crippen LogP contribution in [0, 0.1) is 11.3 Å². The Morgan fingerprint density at radius 2 is 2.38 bits per heavy atom. The van der Waals surface area contributed by atoms with Gasteiger partial charge in [-0.15, -0.1) is 0 Å². The van der Waals surface area contributed by atoms with Crippen molar-refractivity contribution >= 4 is 12.1 Å². The summed E-state index contributed by atoms with van der Waals surface area (Å²) in [7, 11) is 0. The van der Waals surface area contributed by atoms with Crippen molar-refractivity contribution in [2.24, 2.45) is 0 Å². The SMILES string of the molecule is N#CCOC(=O)[C@@H]1CCN1C(=O)O. The summed E-state index contributed by atoms with van der Waals surface area (Å²) in [6.07, 6.45) is -0.665. The van der Waals surface area contributed by atoms with E-state index in [1.54, 1.807) is 6.07 Å². The van der Waals surface area contributed by atoms with Crippen LogP contribution < -0.4 is 0 Å². The van der Waals surface area contributed by atoms with Crippen molar-refractivity contribution < 1.29 is 19.4 Å². The molecule has 0 aromatic carbocycles. The molecule has 0 aliphatic carbocycles. The predicted molar refractivity (Wildman–Crippen MR) is 39.7 cm³/mol. The number of hydrogen-bond donors (Lipinski definition) is 1. The van der Waals surface area contributed by atoms with Crippen LogP contribution in [0.3, 0.4) is 0 Å². The molecule has 1 atom stereocenters. The second-order valence-corrected chi connectivity index (χ2v) is 2.55. The maximum Gasteiger partial charge on any atom is 0.408 e. The Balaban J connectivity index is 2.41. The van der Waals surface area contributed by atoms with Crippen LogP contribution in [0.15, 0.2) is 0 Å². The minimum atomic E-state index is -1.13. The Morgan fingerprint density at radius 1 is 1.69 bits per heavy atom. The number of likely N-dealkylation sites (tertiary alicyclic amines) is 1. The van der Waals surface area contributed by atoms with Crippen LogP contribution in [0.2, 0.25) is 0 Å². The third kappa shape index (κ3) is 1.87. The number of nitriles is 1. The summed E-state index contributed by atoms with van der Waals surface area (Å²) in [6.45, 7) is 0.0183. The first-order valence-corrected chi connectivity index (χ1v) is 3.70. The van der Waals surface area contributed by atoms with Gasteiger partial charge in [0.1, 0.15) is 12.1 Å². The van der Waals surface area contributed by atoms with E-state index >= 15 is 0 Å². The lowest BCUT2D eigenvalue weighted by Gasteiger charge is -2.36. The Labute approximate surface area is 74.3 Å². The van der Waals surface area contributed by atoms with Gasteiger partial charge in [-0.2, -0.15) is 5.26 Å². The molecule has 0 unspecified atom stereocenters. The van der Waals surface area contributed by atoms with E-state index in [2.05, 4.69) is 4.74 Å². The summed E-state index contributed by atoms with van der Waals surface area (Å²) >= 11 is 0. The van der Waals surface area contributed by atoms with Gasteiger partial charge in [0.15, 0.2) is 6.61 Å². The van der Waals surface area contributed by atoms with Crippen LogP contribution in [0.25, 0.3) is 0 Å². The van der Waals surface area contributed by atoms with Crippen molar-refractivity contribution in [2.45, 2.75) is 12.5 Å². The molecule has 6 nitrogen and oxygen atoms in total. The minimum absolute atomic E-state index is 0.331. The van der Waals surface area contributed by atoms with Gasteiger partial charge in [0.25, 0.3) is 0 Å². The summed E-state index contributed by atoms with van der Waals surface area (Å²) in [5.74, 6) is -0.643. The molecular formula is C7H8N2O4. The molecule has 1 aliphatic heterocycles. The smallest absolute Gasteiger partial charge is 0.408 e. The third-order valence-electron chi connectivity index (χ3n) is 1.82. The summed E-state index contributed by atoms with van der Waals surface area (Å²) in [5.41, 5.74) is 0. The molecule has 1 amide bonds. The van der Waals surface area contributed by atoms with Gasteiger partial charge in [-0.3, -0.25) is 4.90 Å². The number of hydrogen-bond acceptors (Lipinski definition) is 4. The van der Waals surface area contributed by atoms with Crippen LogP contribution in [0.5, 0.6) is 0 Å². The second kappa shape index (κ2) is 3.76. The van der Waals surface area contributed by atoms with Crippen molar-refractivity contribution in [1.82, 2.24) is 4.90 Å². The topological polar surface area (TPSA) is 90.6 Å². The molecule has 1 rings (SSSR count). The number of nitrogens with zero attached hydrogens (tertiary/aromatic N) is 2. The van der Waals surface area contributed by atoms with Gasteiger partial charge in [0.05, 0.1) is 0 Å². The number of ether oxygens (including phenoxy) is 1. The van der Waals surface area contributed by atoms with Crippen LogP contribution in [-0.2, 0) is 9.53 Å². The summed E-state index contributed by atoms with van der Waals surface area (Å²) < 4.78 is 4.47. The average molecular weight is 184 g/mol. The maximum atomic E-state index is 11.0. The van der Waals surface area contributed by atoms with E-state index in [9.17, 15) is 9.59 Å². The summed E-state index contributed by atoms with van der Waals surface area (Å²) in [5, 5.41) is 16.6. The molecule has 0 bridgehead atoms. The Morgan fingerprint density at radius 3 is 2.77 bits per heavy atom. The molecule has 0 aromatic rings. The fourth-order valence-corrected chi connectivity index (χ4v) is 1.06. The van der Waals surface area contributed by atoms with Crippen LogP contribution >= 0.6 is 0 Å². The normalized spacial score (nSPS) is 19.9. The number of rotatable bonds is 2. The lowest BCUT2D eigenvalue weighted by molar-refractivity contribution is -0.152. The fourth-order valence-electron chi connectivity index (χ4n) is 1.06. The maximum absolute atomic E-state index is 11.0. The molecule has 0 saturated carbocycles. The van der Waals surface area contributed by atoms with Crippen LogP contribution in [0.1, 0.15) is 6.42 Å². The standard InChI is InChI=1S/C7H8N2O4/c8-2-4-13-6(10)5-1-3-9(5)7(11)12/h5H,1,3-4H2,(H,11,12)/t5-/m0/s1. The van der Waals surface area contributed by atoms with E-state index in [4.69, 9.17) is 10.4 Å². The van der Waals surface area contributed by atoms with E-state index < -0.39 is 18.1 Å². The molecule has 13 heavy (non-hydrogen) atoms. The minimum Gasteiger partial charge on any atom is -0.465 e. The van der Waals surface area contributed by atoms with Crippen molar-refractivity contribution in [1.29, 1.82) is 5.26 Å². The Kier molecular flexibility index (Phi) is 2.69. The lowest BCUT2D eigenvalue weighted by atomic mass is 10.1. The number of amides is 1. The molecule has 0 aromatic heterocycles. The number of carbonyl (C=O) groups excluding carboxylic acids is 1. The molecule has 0 spiro atoms. The molecule has 70 valence electrons. The first-order valence-electron chi connectivity index (χ1n) is 3.70. The molecule has 1 heterocycles. The predicted octanol–water partition coefficient (Wildman–Crippen LogP) is -0.195. The van der Waals surface area contributed by atoms with Gasteiger partial charge in [0, 0.05) is 6.54 Å². The molecule has 6 heteroatoms. The Bertz CT molecular complexity index is 270. The lowest BCUT2D eigenvalue weighted by Crippen LogP contribution is -2.55. The molecular weight excluding hydrogens is 176 g/mol. The molecule has 1 aliphatic rings. The van der Waals surface area contributed by atoms with E-state index in [1.165, 1.54) is 0 Å². The van der Waals surface area contributed by atoms with E-state index in [1.807, 2.05) is 0 Å². The highest BCUT2D eigenvalue weighted by Gasteiger charge is 2.38. The van der Waals surface area contributed by atoms with Crippen molar-refractivity contribution in [3.05, 3.63) is 0 Å².